The van der Waals surface area contributed by atoms with Gasteiger partial charge < -0.3 is 5.11 Å². The van der Waals surface area contributed by atoms with Gasteiger partial charge in [0.15, 0.2) is 0 Å². The Morgan fingerprint density at radius 1 is 0.704 bits per heavy atom. The Morgan fingerprint density at radius 2 is 1.11 bits per heavy atom. The van der Waals surface area contributed by atoms with Crippen molar-refractivity contribution < 1.29 is 13.5 Å². The number of anilines is 1. The van der Waals surface area contributed by atoms with Crippen molar-refractivity contribution in [3.63, 3.8) is 0 Å². The fourth-order valence-corrected chi connectivity index (χ4v) is 4.43. The third-order valence-corrected chi connectivity index (χ3v) is 6.28. The van der Waals surface area contributed by atoms with Gasteiger partial charge in [0.2, 0.25) is 10.0 Å². The Balaban J connectivity index is 1.92. The van der Waals surface area contributed by atoms with E-state index in [-0.39, 0.29) is 11.5 Å². The van der Waals surface area contributed by atoms with Crippen LogP contribution in [-0.2, 0) is 10.0 Å². The summed E-state index contributed by atoms with van der Waals surface area (Å²) >= 11 is 0. The summed E-state index contributed by atoms with van der Waals surface area (Å²) in [6, 6.07) is 6.09. The summed E-state index contributed by atoms with van der Waals surface area (Å²) in [5.41, 5.74) is 0.498. The summed E-state index contributed by atoms with van der Waals surface area (Å²) < 4.78 is 26.6. The highest BCUT2D eigenvalue weighted by molar-refractivity contribution is 7.92. The zero-order valence-electron chi connectivity index (χ0n) is 17.1. The maximum absolute atomic E-state index is 12.0. The smallest absolute Gasteiger partial charge is 0.232 e. The zero-order chi connectivity index (χ0) is 19.8. The Labute approximate surface area is 166 Å². The molecule has 0 aliphatic carbocycles. The Morgan fingerprint density at radius 3 is 1.56 bits per heavy atom. The van der Waals surface area contributed by atoms with E-state index in [9.17, 15) is 13.5 Å². The van der Waals surface area contributed by atoms with Crippen LogP contribution in [0.5, 0.6) is 5.75 Å². The van der Waals surface area contributed by atoms with E-state index in [1.807, 2.05) is 0 Å². The standard InChI is InChI=1S/C22H39NO3S/c1-2-3-4-5-6-7-8-9-10-11-12-13-14-15-20-27(25,26)23-21-16-18-22(24)19-17-21/h16-19,23-24H,2-15,20H2,1H3. The first-order valence-electron chi connectivity index (χ1n) is 10.8. The number of hydrogen-bond donors (Lipinski definition) is 2. The Bertz CT molecular complexity index is 570. The fraction of sp³-hybridized carbons (Fsp3) is 0.727. The molecule has 0 saturated carbocycles. The van der Waals surface area contributed by atoms with Crippen molar-refractivity contribution in [2.24, 2.45) is 0 Å². The van der Waals surface area contributed by atoms with Crippen LogP contribution < -0.4 is 4.72 Å². The van der Waals surface area contributed by atoms with Gasteiger partial charge in [0.1, 0.15) is 5.75 Å². The first kappa shape index (κ1) is 23.8. The van der Waals surface area contributed by atoms with E-state index in [1.54, 1.807) is 12.1 Å². The lowest BCUT2D eigenvalue weighted by Crippen LogP contribution is -2.16. The molecule has 4 nitrogen and oxygen atoms in total. The molecule has 5 heteroatoms. The molecule has 0 aliphatic rings. The number of rotatable bonds is 17. The van der Waals surface area contributed by atoms with E-state index < -0.39 is 10.0 Å². The number of unbranched alkanes of at least 4 members (excludes halogenated alkanes) is 13. The molecule has 27 heavy (non-hydrogen) atoms. The third-order valence-electron chi connectivity index (χ3n) is 4.91. The predicted octanol–water partition coefficient (Wildman–Crippen LogP) is 6.62. The van der Waals surface area contributed by atoms with Crippen LogP contribution in [-0.4, -0.2) is 19.3 Å². The molecule has 1 aromatic carbocycles. The summed E-state index contributed by atoms with van der Waals surface area (Å²) in [7, 11) is -3.30. The average Bonchev–Trinajstić information content (AvgIpc) is 2.63. The molecule has 0 saturated heterocycles. The largest absolute Gasteiger partial charge is 0.508 e. The normalized spacial score (nSPS) is 11.6. The molecule has 0 fully saturated rings. The van der Waals surface area contributed by atoms with Gasteiger partial charge in [-0.25, -0.2) is 8.42 Å². The molecule has 0 aliphatic heterocycles. The van der Waals surface area contributed by atoms with E-state index in [1.165, 1.54) is 82.8 Å². The molecule has 1 rings (SSSR count). The molecule has 0 bridgehead atoms. The van der Waals surface area contributed by atoms with Gasteiger partial charge in [-0.3, -0.25) is 4.72 Å². The molecule has 0 spiro atoms. The molecule has 0 unspecified atom stereocenters. The minimum atomic E-state index is -3.30. The quantitative estimate of drug-likeness (QED) is 0.229. The highest BCUT2D eigenvalue weighted by Gasteiger charge is 2.09. The molecular formula is C22H39NO3S. The van der Waals surface area contributed by atoms with Crippen LogP contribution in [0.1, 0.15) is 96.8 Å². The zero-order valence-corrected chi connectivity index (χ0v) is 17.9. The van der Waals surface area contributed by atoms with Crippen molar-refractivity contribution >= 4 is 15.7 Å². The van der Waals surface area contributed by atoms with E-state index in [4.69, 9.17) is 0 Å². The topological polar surface area (TPSA) is 66.4 Å². The third kappa shape index (κ3) is 13.6. The molecule has 0 atom stereocenters. The first-order chi connectivity index (χ1) is 13.0. The Hall–Kier alpha value is -1.23. The molecule has 0 heterocycles. The molecule has 156 valence electrons. The molecule has 0 amide bonds. The second-order valence-corrected chi connectivity index (χ2v) is 9.41. The van der Waals surface area contributed by atoms with Crippen LogP contribution in [0.4, 0.5) is 5.69 Å². The van der Waals surface area contributed by atoms with Crippen LogP contribution in [0, 0.1) is 0 Å². The van der Waals surface area contributed by atoms with Gasteiger partial charge >= 0.3 is 0 Å². The van der Waals surface area contributed by atoms with Crippen LogP contribution in [0.25, 0.3) is 0 Å². The minimum absolute atomic E-state index is 0.130. The van der Waals surface area contributed by atoms with Crippen molar-refractivity contribution in [2.75, 3.05) is 10.5 Å². The van der Waals surface area contributed by atoms with Crippen molar-refractivity contribution in [1.29, 1.82) is 0 Å². The fourth-order valence-electron chi connectivity index (χ4n) is 3.25. The number of benzene rings is 1. The molecule has 1 aromatic rings. The van der Waals surface area contributed by atoms with Gasteiger partial charge in [-0.05, 0) is 30.7 Å². The Kier molecular flexibility index (Phi) is 13.0. The predicted molar refractivity (Wildman–Crippen MR) is 116 cm³/mol. The number of nitrogens with one attached hydrogen (secondary N) is 1. The number of phenolic OH excluding ortho intramolecular Hbond substituents is 1. The van der Waals surface area contributed by atoms with Crippen molar-refractivity contribution in [3.8, 4) is 5.75 Å². The van der Waals surface area contributed by atoms with Gasteiger partial charge in [0, 0.05) is 5.69 Å². The van der Waals surface area contributed by atoms with Crippen LogP contribution in [0.3, 0.4) is 0 Å². The molecule has 0 aromatic heterocycles. The van der Waals surface area contributed by atoms with E-state index >= 15 is 0 Å². The minimum Gasteiger partial charge on any atom is -0.508 e. The molecular weight excluding hydrogens is 358 g/mol. The maximum atomic E-state index is 12.0. The highest BCUT2D eigenvalue weighted by atomic mass is 32.2. The van der Waals surface area contributed by atoms with Gasteiger partial charge in [0.05, 0.1) is 5.75 Å². The van der Waals surface area contributed by atoms with Gasteiger partial charge in [0.25, 0.3) is 0 Å². The van der Waals surface area contributed by atoms with Crippen LogP contribution >= 0.6 is 0 Å². The lowest BCUT2D eigenvalue weighted by Gasteiger charge is -2.08. The van der Waals surface area contributed by atoms with Gasteiger partial charge in [-0.2, -0.15) is 0 Å². The monoisotopic (exact) mass is 397 g/mol. The van der Waals surface area contributed by atoms with Crippen molar-refractivity contribution in [2.45, 2.75) is 96.8 Å². The maximum Gasteiger partial charge on any atom is 0.232 e. The van der Waals surface area contributed by atoms with E-state index in [0.29, 0.717) is 12.1 Å². The van der Waals surface area contributed by atoms with Crippen molar-refractivity contribution in [3.05, 3.63) is 24.3 Å². The average molecular weight is 398 g/mol. The van der Waals surface area contributed by atoms with Crippen LogP contribution in [0.2, 0.25) is 0 Å². The number of aromatic hydroxyl groups is 1. The van der Waals surface area contributed by atoms with E-state index in [0.717, 1.165) is 12.8 Å². The second-order valence-electron chi connectivity index (χ2n) is 7.56. The molecule has 0 radical (unpaired) electrons. The van der Waals surface area contributed by atoms with Gasteiger partial charge in [-0.1, -0.05) is 90.4 Å². The summed E-state index contributed by atoms with van der Waals surface area (Å²) in [6.07, 6.45) is 17.6. The lowest BCUT2D eigenvalue weighted by molar-refractivity contribution is 0.475. The molecule has 2 N–H and O–H groups in total. The second kappa shape index (κ2) is 14.8. The number of sulfonamides is 1. The SMILES string of the molecule is CCCCCCCCCCCCCCCCS(=O)(=O)Nc1ccc(O)cc1. The van der Waals surface area contributed by atoms with Gasteiger partial charge in [-0.15, -0.1) is 0 Å². The first-order valence-corrected chi connectivity index (χ1v) is 12.5. The van der Waals surface area contributed by atoms with Crippen LogP contribution in [0.15, 0.2) is 24.3 Å². The number of phenols is 1. The summed E-state index contributed by atoms with van der Waals surface area (Å²) in [4.78, 5) is 0. The summed E-state index contributed by atoms with van der Waals surface area (Å²) in [5, 5.41) is 9.22. The summed E-state index contributed by atoms with van der Waals surface area (Å²) in [5.74, 6) is 0.288. The van der Waals surface area contributed by atoms with Crippen molar-refractivity contribution in [1.82, 2.24) is 0 Å². The highest BCUT2D eigenvalue weighted by Crippen LogP contribution is 2.16. The summed E-state index contributed by atoms with van der Waals surface area (Å²) in [6.45, 7) is 2.26. The lowest BCUT2D eigenvalue weighted by atomic mass is 10.0. The number of hydrogen-bond acceptors (Lipinski definition) is 3. The van der Waals surface area contributed by atoms with E-state index in [2.05, 4.69) is 11.6 Å².